The fraction of sp³-hybridized carbons (Fsp3) is 0.429. The molecule has 1 aliphatic heterocycles. The van der Waals surface area contributed by atoms with Gasteiger partial charge in [0.05, 0.1) is 5.69 Å². The van der Waals surface area contributed by atoms with Crippen LogP contribution in [0.2, 0.25) is 0 Å². The zero-order valence-corrected chi connectivity index (χ0v) is 15.5. The summed E-state index contributed by atoms with van der Waals surface area (Å²) in [5.74, 6) is 0.649. The molecule has 5 heteroatoms. The molecule has 0 saturated carbocycles. The number of nitrogens with zero attached hydrogens (tertiary/aromatic N) is 2. The summed E-state index contributed by atoms with van der Waals surface area (Å²) in [6, 6.07) is 12.8. The van der Waals surface area contributed by atoms with E-state index < -0.39 is 6.10 Å². The highest BCUT2D eigenvalue weighted by molar-refractivity contribution is 5.48. The van der Waals surface area contributed by atoms with E-state index in [1.165, 1.54) is 11.6 Å². The van der Waals surface area contributed by atoms with Crippen molar-refractivity contribution in [3.05, 3.63) is 59.4 Å². The lowest BCUT2D eigenvalue weighted by Gasteiger charge is -2.37. The maximum Gasteiger partial charge on any atom is 0.146 e. The van der Waals surface area contributed by atoms with Gasteiger partial charge in [0, 0.05) is 32.7 Å². The predicted octanol–water partition coefficient (Wildman–Crippen LogP) is 3.00. The largest absolute Gasteiger partial charge is 0.491 e. The summed E-state index contributed by atoms with van der Waals surface area (Å²) < 4.78 is 19.7. The minimum Gasteiger partial charge on any atom is -0.491 e. The van der Waals surface area contributed by atoms with Crippen LogP contribution in [0.1, 0.15) is 11.1 Å². The number of hydrogen-bond acceptors (Lipinski definition) is 4. The Morgan fingerprint density at radius 1 is 1.04 bits per heavy atom. The number of benzene rings is 2. The molecule has 0 unspecified atom stereocenters. The van der Waals surface area contributed by atoms with Gasteiger partial charge in [0.2, 0.25) is 0 Å². The van der Waals surface area contributed by atoms with E-state index in [2.05, 4.69) is 9.80 Å². The van der Waals surface area contributed by atoms with E-state index in [0.29, 0.717) is 12.2 Å². The standard InChI is InChI=1S/C21H27FN2O2/c1-16-6-5-9-21(17(16)2)26-15-18(25)14-23-10-12-24(13-11-23)20-8-4-3-7-19(20)22/h3-9,18,25H,10-15H2,1-2H3/t18-/m1/s1. The minimum atomic E-state index is -0.546. The first-order chi connectivity index (χ1) is 12.5. The van der Waals surface area contributed by atoms with Gasteiger partial charge in [-0.25, -0.2) is 4.39 Å². The van der Waals surface area contributed by atoms with Gasteiger partial charge in [-0.2, -0.15) is 0 Å². The van der Waals surface area contributed by atoms with Crippen LogP contribution >= 0.6 is 0 Å². The number of rotatable bonds is 6. The van der Waals surface area contributed by atoms with Crippen molar-refractivity contribution in [3.8, 4) is 5.75 Å². The molecule has 0 aromatic heterocycles. The highest BCUT2D eigenvalue weighted by atomic mass is 19.1. The van der Waals surface area contributed by atoms with Gasteiger partial charge in [-0.3, -0.25) is 4.90 Å². The van der Waals surface area contributed by atoms with Crippen LogP contribution in [-0.2, 0) is 0 Å². The third-order valence-electron chi connectivity index (χ3n) is 5.02. The lowest BCUT2D eigenvalue weighted by atomic mass is 10.1. The second-order valence-electron chi connectivity index (χ2n) is 6.90. The Morgan fingerprint density at radius 3 is 2.50 bits per heavy atom. The van der Waals surface area contributed by atoms with Crippen molar-refractivity contribution >= 4 is 5.69 Å². The molecule has 4 nitrogen and oxygen atoms in total. The average molecular weight is 358 g/mol. The topological polar surface area (TPSA) is 35.9 Å². The third kappa shape index (κ3) is 4.54. The van der Waals surface area contributed by atoms with Gasteiger partial charge >= 0.3 is 0 Å². The molecule has 3 rings (SSSR count). The molecule has 1 aliphatic rings. The molecule has 2 aromatic carbocycles. The zero-order valence-electron chi connectivity index (χ0n) is 15.5. The Labute approximate surface area is 154 Å². The van der Waals surface area contributed by atoms with Crippen molar-refractivity contribution in [1.29, 1.82) is 0 Å². The van der Waals surface area contributed by atoms with Gasteiger partial charge < -0.3 is 14.7 Å². The van der Waals surface area contributed by atoms with Gasteiger partial charge in [-0.05, 0) is 43.2 Å². The van der Waals surface area contributed by atoms with Crippen LogP contribution < -0.4 is 9.64 Å². The molecule has 1 atom stereocenters. The summed E-state index contributed by atoms with van der Waals surface area (Å²) in [7, 11) is 0. The van der Waals surface area contributed by atoms with Crippen molar-refractivity contribution in [1.82, 2.24) is 4.90 Å². The fourth-order valence-corrected chi connectivity index (χ4v) is 3.30. The Kier molecular flexibility index (Phi) is 6.12. The molecular weight excluding hydrogens is 331 g/mol. The molecule has 0 bridgehead atoms. The molecule has 1 N–H and O–H groups in total. The van der Waals surface area contributed by atoms with Crippen molar-refractivity contribution in [2.24, 2.45) is 0 Å². The normalized spacial score (nSPS) is 16.5. The SMILES string of the molecule is Cc1cccc(OC[C@H](O)CN2CCN(c3ccccc3F)CC2)c1C. The fourth-order valence-electron chi connectivity index (χ4n) is 3.30. The molecule has 140 valence electrons. The van der Waals surface area contributed by atoms with Crippen LogP contribution in [-0.4, -0.2) is 55.4 Å². The van der Waals surface area contributed by atoms with Gasteiger partial charge in [0.1, 0.15) is 24.3 Å². The molecule has 26 heavy (non-hydrogen) atoms. The number of aliphatic hydroxyl groups is 1. The molecule has 1 fully saturated rings. The number of ether oxygens (including phenoxy) is 1. The molecule has 1 saturated heterocycles. The summed E-state index contributed by atoms with van der Waals surface area (Å²) in [6.45, 7) is 8.03. The van der Waals surface area contributed by atoms with Crippen molar-refractivity contribution in [3.63, 3.8) is 0 Å². The Hall–Kier alpha value is -2.11. The molecule has 0 amide bonds. The maximum absolute atomic E-state index is 13.9. The Bertz CT molecular complexity index is 730. The molecular formula is C21H27FN2O2. The number of anilines is 1. The minimum absolute atomic E-state index is 0.178. The van der Waals surface area contributed by atoms with E-state index in [0.717, 1.165) is 37.5 Å². The van der Waals surface area contributed by atoms with E-state index >= 15 is 0 Å². The predicted molar refractivity (Wildman–Crippen MR) is 102 cm³/mol. The first kappa shape index (κ1) is 18.7. The second-order valence-corrected chi connectivity index (χ2v) is 6.90. The quantitative estimate of drug-likeness (QED) is 0.861. The van der Waals surface area contributed by atoms with Crippen molar-refractivity contribution in [2.45, 2.75) is 20.0 Å². The number of aliphatic hydroxyl groups excluding tert-OH is 1. The van der Waals surface area contributed by atoms with Crippen LogP contribution in [0.4, 0.5) is 10.1 Å². The average Bonchev–Trinajstić information content (AvgIpc) is 2.64. The van der Waals surface area contributed by atoms with E-state index in [9.17, 15) is 9.50 Å². The Morgan fingerprint density at radius 2 is 1.77 bits per heavy atom. The highest BCUT2D eigenvalue weighted by Crippen LogP contribution is 2.22. The monoisotopic (exact) mass is 358 g/mol. The molecule has 1 heterocycles. The van der Waals surface area contributed by atoms with E-state index in [4.69, 9.17) is 4.74 Å². The second kappa shape index (κ2) is 8.52. The summed E-state index contributed by atoms with van der Waals surface area (Å²) in [5.41, 5.74) is 2.95. The van der Waals surface area contributed by atoms with Gasteiger partial charge in [0.15, 0.2) is 0 Å². The third-order valence-corrected chi connectivity index (χ3v) is 5.02. The molecule has 0 spiro atoms. The number of piperazine rings is 1. The van der Waals surface area contributed by atoms with Gasteiger partial charge in [-0.15, -0.1) is 0 Å². The molecule has 2 aromatic rings. The summed E-state index contributed by atoms with van der Waals surface area (Å²) in [6.07, 6.45) is -0.546. The number of aryl methyl sites for hydroxylation is 1. The zero-order chi connectivity index (χ0) is 18.5. The Balaban J connectivity index is 1.45. The number of para-hydroxylation sites is 1. The lowest BCUT2D eigenvalue weighted by molar-refractivity contribution is 0.0660. The number of halogens is 1. The van der Waals surface area contributed by atoms with Crippen LogP contribution in [0.15, 0.2) is 42.5 Å². The van der Waals surface area contributed by atoms with Crippen LogP contribution in [0.3, 0.4) is 0 Å². The van der Waals surface area contributed by atoms with E-state index in [-0.39, 0.29) is 12.4 Å². The molecule has 0 aliphatic carbocycles. The van der Waals surface area contributed by atoms with Crippen LogP contribution in [0.25, 0.3) is 0 Å². The van der Waals surface area contributed by atoms with Crippen LogP contribution in [0, 0.1) is 19.7 Å². The maximum atomic E-state index is 13.9. The smallest absolute Gasteiger partial charge is 0.146 e. The van der Waals surface area contributed by atoms with Gasteiger partial charge in [0.25, 0.3) is 0 Å². The van der Waals surface area contributed by atoms with E-state index in [1.54, 1.807) is 6.07 Å². The van der Waals surface area contributed by atoms with Crippen LogP contribution in [0.5, 0.6) is 5.75 Å². The summed E-state index contributed by atoms with van der Waals surface area (Å²) >= 11 is 0. The highest BCUT2D eigenvalue weighted by Gasteiger charge is 2.21. The first-order valence-electron chi connectivity index (χ1n) is 9.13. The van der Waals surface area contributed by atoms with Gasteiger partial charge in [-0.1, -0.05) is 24.3 Å². The van der Waals surface area contributed by atoms with Crippen molar-refractivity contribution in [2.75, 3.05) is 44.2 Å². The summed E-state index contributed by atoms with van der Waals surface area (Å²) in [4.78, 5) is 4.26. The summed E-state index contributed by atoms with van der Waals surface area (Å²) in [5, 5.41) is 10.3. The number of β-amino-alcohol motifs (C(OH)–C–C–N with tert-alkyl or cyclic N) is 1. The lowest BCUT2D eigenvalue weighted by Crippen LogP contribution is -2.49. The van der Waals surface area contributed by atoms with E-state index in [1.807, 2.05) is 44.2 Å². The number of hydrogen-bond donors (Lipinski definition) is 1. The first-order valence-corrected chi connectivity index (χ1v) is 9.13. The van der Waals surface area contributed by atoms with Crippen molar-refractivity contribution < 1.29 is 14.2 Å². The molecule has 0 radical (unpaired) electrons.